The Morgan fingerprint density at radius 2 is 1.85 bits per heavy atom. The first-order chi connectivity index (χ1) is 12.6. The summed E-state index contributed by atoms with van der Waals surface area (Å²) >= 11 is 0. The van der Waals surface area contributed by atoms with Crippen molar-refractivity contribution < 1.29 is 24.5 Å². The summed E-state index contributed by atoms with van der Waals surface area (Å²) in [7, 11) is 1.39. The van der Waals surface area contributed by atoms with Gasteiger partial charge in [0.2, 0.25) is 0 Å². The van der Waals surface area contributed by atoms with Crippen molar-refractivity contribution in [2.75, 3.05) is 13.7 Å². The fourth-order valence-corrected chi connectivity index (χ4v) is 3.34. The summed E-state index contributed by atoms with van der Waals surface area (Å²) in [6.45, 7) is 0.254. The van der Waals surface area contributed by atoms with Crippen LogP contribution in [0.1, 0.15) is 64.2 Å². The van der Waals surface area contributed by atoms with Gasteiger partial charge in [-0.25, -0.2) is 0 Å². The summed E-state index contributed by atoms with van der Waals surface area (Å²) in [5, 5.41) is 18.9. The zero-order chi connectivity index (χ0) is 19.2. The van der Waals surface area contributed by atoms with Gasteiger partial charge < -0.3 is 14.9 Å². The Morgan fingerprint density at radius 1 is 1.12 bits per heavy atom. The summed E-state index contributed by atoms with van der Waals surface area (Å²) in [6.07, 6.45) is 15.3. The van der Waals surface area contributed by atoms with E-state index < -0.39 is 6.10 Å². The van der Waals surface area contributed by atoms with E-state index in [9.17, 15) is 14.7 Å². The van der Waals surface area contributed by atoms with Gasteiger partial charge in [-0.3, -0.25) is 9.59 Å². The van der Waals surface area contributed by atoms with Crippen LogP contribution in [0.2, 0.25) is 0 Å². The van der Waals surface area contributed by atoms with Crippen molar-refractivity contribution in [3.8, 4) is 0 Å². The van der Waals surface area contributed by atoms with Gasteiger partial charge in [0.1, 0.15) is 5.78 Å². The van der Waals surface area contributed by atoms with Gasteiger partial charge >= 0.3 is 5.97 Å². The number of esters is 1. The number of aliphatic hydroxyl groups excluding tert-OH is 2. The molecule has 0 unspecified atom stereocenters. The molecule has 0 radical (unpaired) electrons. The first-order valence-corrected chi connectivity index (χ1v) is 9.80. The SMILES string of the molecule is COC(=O)CCC/C=C\C[C@H]1C(=O)C[C@@H](O)[C@@H]1C=CCCCCCCO. The molecule has 1 rings (SSSR count). The van der Waals surface area contributed by atoms with E-state index >= 15 is 0 Å². The number of ketones is 1. The number of rotatable bonds is 13. The molecular formula is C21H34O5. The monoisotopic (exact) mass is 366 g/mol. The lowest BCUT2D eigenvalue weighted by molar-refractivity contribution is -0.140. The van der Waals surface area contributed by atoms with Gasteiger partial charge in [0.25, 0.3) is 0 Å². The highest BCUT2D eigenvalue weighted by Crippen LogP contribution is 2.33. The minimum atomic E-state index is -0.578. The van der Waals surface area contributed by atoms with Gasteiger partial charge in [0.05, 0.1) is 13.2 Å². The molecule has 0 aliphatic heterocycles. The number of unbranched alkanes of at least 4 members (excludes halogenated alkanes) is 5. The zero-order valence-electron chi connectivity index (χ0n) is 15.9. The number of allylic oxidation sites excluding steroid dienone is 3. The molecule has 26 heavy (non-hydrogen) atoms. The number of aliphatic hydroxyl groups is 2. The summed E-state index contributed by atoms with van der Waals surface area (Å²) in [5.74, 6) is -0.310. The Kier molecular flexibility index (Phi) is 11.9. The van der Waals surface area contributed by atoms with Crippen LogP contribution in [0.5, 0.6) is 0 Å². The molecule has 148 valence electrons. The molecule has 0 aromatic carbocycles. The van der Waals surface area contributed by atoms with Crippen LogP contribution in [0.15, 0.2) is 24.3 Å². The van der Waals surface area contributed by atoms with Crippen molar-refractivity contribution in [3.63, 3.8) is 0 Å². The van der Waals surface area contributed by atoms with Gasteiger partial charge in [-0.2, -0.15) is 0 Å². The maximum atomic E-state index is 12.1. The lowest BCUT2D eigenvalue weighted by Gasteiger charge is -2.15. The molecule has 1 fully saturated rings. The van der Waals surface area contributed by atoms with Crippen molar-refractivity contribution in [2.24, 2.45) is 11.8 Å². The number of ether oxygens (including phenoxy) is 1. The van der Waals surface area contributed by atoms with E-state index in [0.29, 0.717) is 12.8 Å². The zero-order valence-corrected chi connectivity index (χ0v) is 15.9. The van der Waals surface area contributed by atoms with Crippen LogP contribution in [0.25, 0.3) is 0 Å². The predicted molar refractivity (Wildman–Crippen MR) is 102 cm³/mol. The van der Waals surface area contributed by atoms with Gasteiger partial charge in [-0.1, -0.05) is 37.1 Å². The van der Waals surface area contributed by atoms with Crippen LogP contribution < -0.4 is 0 Å². The van der Waals surface area contributed by atoms with Crippen LogP contribution in [0.3, 0.4) is 0 Å². The fraction of sp³-hybridized carbons (Fsp3) is 0.714. The molecular weight excluding hydrogens is 332 g/mol. The normalized spacial score (nSPS) is 23.3. The summed E-state index contributed by atoms with van der Waals surface area (Å²) in [6, 6.07) is 0. The van der Waals surface area contributed by atoms with Gasteiger partial charge in [0, 0.05) is 31.3 Å². The molecule has 0 bridgehead atoms. The van der Waals surface area contributed by atoms with Crippen LogP contribution in [0.4, 0.5) is 0 Å². The standard InChI is InChI=1S/C21H34O5/c1-26-21(25)14-10-6-5-9-13-18-17(19(23)16-20(18)24)12-8-4-2-3-7-11-15-22/h5,8-9,12,17-19,22-23H,2-4,6-7,10-11,13-16H2,1H3/b9-5-,12-8?/t17-,18-,19-/m1/s1. The van der Waals surface area contributed by atoms with Crippen LogP contribution in [0, 0.1) is 11.8 Å². The molecule has 5 heteroatoms. The third kappa shape index (κ3) is 8.77. The summed E-state index contributed by atoms with van der Waals surface area (Å²) in [4.78, 5) is 23.2. The molecule has 0 heterocycles. The molecule has 1 saturated carbocycles. The molecule has 0 aromatic rings. The Labute approximate surface area is 157 Å². The second-order valence-corrected chi connectivity index (χ2v) is 6.95. The molecule has 5 nitrogen and oxygen atoms in total. The Bertz CT molecular complexity index is 469. The third-order valence-corrected chi connectivity index (χ3v) is 4.91. The predicted octanol–water partition coefficient (Wildman–Crippen LogP) is 3.34. The molecule has 0 aromatic heterocycles. The van der Waals surface area contributed by atoms with E-state index in [0.717, 1.165) is 44.9 Å². The largest absolute Gasteiger partial charge is 0.469 e. The van der Waals surface area contributed by atoms with Gasteiger partial charge in [-0.05, 0) is 38.5 Å². The second kappa shape index (κ2) is 13.7. The van der Waals surface area contributed by atoms with Gasteiger partial charge in [0.15, 0.2) is 0 Å². The van der Waals surface area contributed by atoms with Gasteiger partial charge in [-0.15, -0.1) is 0 Å². The van der Waals surface area contributed by atoms with Crippen LogP contribution >= 0.6 is 0 Å². The number of hydrogen-bond donors (Lipinski definition) is 2. The molecule has 1 aliphatic rings. The van der Waals surface area contributed by atoms with Crippen LogP contribution in [-0.2, 0) is 14.3 Å². The van der Waals surface area contributed by atoms with Crippen molar-refractivity contribution in [2.45, 2.75) is 70.3 Å². The maximum absolute atomic E-state index is 12.1. The third-order valence-electron chi connectivity index (χ3n) is 4.91. The molecule has 0 amide bonds. The number of methoxy groups -OCH3 is 1. The highest BCUT2D eigenvalue weighted by molar-refractivity contribution is 5.84. The van der Waals surface area contributed by atoms with E-state index in [1.54, 1.807) is 0 Å². The van der Waals surface area contributed by atoms with E-state index in [2.05, 4.69) is 10.8 Å². The maximum Gasteiger partial charge on any atom is 0.305 e. The lowest BCUT2D eigenvalue weighted by Crippen LogP contribution is -2.17. The highest BCUT2D eigenvalue weighted by atomic mass is 16.5. The molecule has 0 spiro atoms. The minimum absolute atomic E-state index is 0.0975. The van der Waals surface area contributed by atoms with E-state index in [-0.39, 0.29) is 36.6 Å². The van der Waals surface area contributed by atoms with E-state index in [1.165, 1.54) is 7.11 Å². The van der Waals surface area contributed by atoms with Crippen LogP contribution in [-0.4, -0.2) is 41.8 Å². The molecule has 1 aliphatic carbocycles. The quantitative estimate of drug-likeness (QED) is 0.297. The highest BCUT2D eigenvalue weighted by Gasteiger charge is 2.38. The Hall–Kier alpha value is -1.46. The second-order valence-electron chi connectivity index (χ2n) is 6.95. The Morgan fingerprint density at radius 3 is 2.58 bits per heavy atom. The molecule has 2 N–H and O–H groups in total. The first-order valence-electron chi connectivity index (χ1n) is 9.80. The van der Waals surface area contributed by atoms with Crippen molar-refractivity contribution in [1.29, 1.82) is 0 Å². The average Bonchev–Trinajstić information content (AvgIpc) is 2.90. The topological polar surface area (TPSA) is 83.8 Å². The minimum Gasteiger partial charge on any atom is -0.469 e. The molecule has 3 atom stereocenters. The van der Waals surface area contributed by atoms with Crippen molar-refractivity contribution in [3.05, 3.63) is 24.3 Å². The Balaban J connectivity index is 2.34. The van der Waals surface area contributed by atoms with Crippen molar-refractivity contribution in [1.82, 2.24) is 0 Å². The van der Waals surface area contributed by atoms with Crippen molar-refractivity contribution >= 4 is 11.8 Å². The number of Topliss-reactive ketones (excluding diaryl/α,β-unsaturated/α-hetero) is 1. The van der Waals surface area contributed by atoms with E-state index in [1.807, 2.05) is 18.2 Å². The average molecular weight is 366 g/mol. The fourth-order valence-electron chi connectivity index (χ4n) is 3.34. The first kappa shape index (κ1) is 22.6. The lowest BCUT2D eigenvalue weighted by atomic mass is 9.90. The smallest absolute Gasteiger partial charge is 0.305 e. The number of carbonyl (C=O) groups is 2. The molecule has 0 saturated heterocycles. The number of carbonyl (C=O) groups excluding carboxylic acids is 2. The number of hydrogen-bond acceptors (Lipinski definition) is 5. The summed E-state index contributed by atoms with van der Waals surface area (Å²) < 4.78 is 4.60. The summed E-state index contributed by atoms with van der Waals surface area (Å²) in [5.41, 5.74) is 0. The van der Waals surface area contributed by atoms with E-state index in [4.69, 9.17) is 5.11 Å².